The molecule has 3 N–H and O–H groups in total. The summed E-state index contributed by atoms with van der Waals surface area (Å²) in [4.78, 5) is 75.1. The first kappa shape index (κ1) is 57.3. The van der Waals surface area contributed by atoms with E-state index in [4.69, 9.17) is 4.98 Å². The smallest absolute Gasteiger partial charge is 0.335 e. The van der Waals surface area contributed by atoms with Crippen LogP contribution in [0.3, 0.4) is 0 Å². The number of rotatable bonds is 20. The Morgan fingerprint density at radius 2 is 0.936 bits per heavy atom. The predicted molar refractivity (Wildman–Crippen MR) is 297 cm³/mol. The Kier molecular flexibility index (Phi) is 18.9. The van der Waals surface area contributed by atoms with Crippen LogP contribution in [-0.4, -0.2) is 127 Å². The van der Waals surface area contributed by atoms with Gasteiger partial charge in [0.15, 0.2) is 11.3 Å². The van der Waals surface area contributed by atoms with Crippen LogP contribution >= 0.6 is 0 Å². The molecule has 4 aromatic heterocycles. The van der Waals surface area contributed by atoms with Crippen molar-refractivity contribution in [2.45, 2.75) is 54.4 Å². The van der Waals surface area contributed by atoms with Crippen LogP contribution in [0.15, 0.2) is 107 Å². The molecule has 0 fully saturated rings. The maximum Gasteiger partial charge on any atom is 0.335 e. The van der Waals surface area contributed by atoms with Gasteiger partial charge in [0.2, 0.25) is 11.9 Å². The fourth-order valence-electron chi connectivity index (χ4n) is 9.00. The van der Waals surface area contributed by atoms with E-state index in [1.807, 2.05) is 13.0 Å². The van der Waals surface area contributed by atoms with E-state index in [9.17, 15) is 41.8 Å². The van der Waals surface area contributed by atoms with Crippen molar-refractivity contribution in [3.05, 3.63) is 163 Å². The van der Waals surface area contributed by atoms with Gasteiger partial charge < -0.3 is 30.4 Å². The first-order chi connectivity index (χ1) is 37.4. The minimum Gasteiger partial charge on any atom is -0.478 e. The van der Waals surface area contributed by atoms with Gasteiger partial charge in [-0.1, -0.05) is 52.0 Å². The summed E-state index contributed by atoms with van der Waals surface area (Å²) in [5, 5.41) is 16.7. The van der Waals surface area contributed by atoms with Crippen LogP contribution < -0.4 is 21.8 Å². The number of hydrogen-bond donors (Lipinski definition) is 3. The highest BCUT2D eigenvalue weighted by Gasteiger charge is 2.24. The molecule has 0 spiro atoms. The molecule has 4 aromatic carbocycles. The van der Waals surface area contributed by atoms with Gasteiger partial charge in [-0.2, -0.15) is 9.97 Å². The zero-order valence-electron chi connectivity index (χ0n) is 44.9. The van der Waals surface area contributed by atoms with Crippen molar-refractivity contribution in [3.8, 4) is 33.9 Å². The lowest BCUT2D eigenvalue weighted by Gasteiger charge is -2.19. The Balaban J connectivity index is 0.000000226. The SMILES string of the molecule is CCN(CC)CCCNc1nc(-c2cc(C(=O)N(C)C)ccc2C)c2ccc(=O)n(-c3c(F)cccc3F)c2n1.CCN(CC)CCCNc1nc(-c2cc(C(=O)O)ccc2C)c2ccc(=O)n(-c3c(F)cccc3F)c2n1. The number of hydrogen-bond acceptors (Lipinski definition) is 12. The van der Waals surface area contributed by atoms with Crippen molar-refractivity contribution in [1.29, 1.82) is 0 Å². The summed E-state index contributed by atoms with van der Waals surface area (Å²) in [5.41, 5.74) is 1.69. The number of carboxylic acids is 1. The zero-order valence-corrected chi connectivity index (χ0v) is 44.9. The normalized spacial score (nSPS) is 11.3. The van der Waals surface area contributed by atoms with Crippen molar-refractivity contribution in [1.82, 2.24) is 43.8 Å². The van der Waals surface area contributed by atoms with Gasteiger partial charge in [0.1, 0.15) is 34.6 Å². The fraction of sp³-hybridized carbons (Fsp3) is 0.310. The average molecular weight is 1070 g/mol. The highest BCUT2D eigenvalue weighted by atomic mass is 19.1. The van der Waals surface area contributed by atoms with Crippen LogP contribution in [0.5, 0.6) is 0 Å². The summed E-state index contributed by atoms with van der Waals surface area (Å²) >= 11 is 0. The highest BCUT2D eigenvalue weighted by molar-refractivity contribution is 5.99. The molecule has 20 heteroatoms. The van der Waals surface area contributed by atoms with E-state index < -0.39 is 51.7 Å². The molecule has 408 valence electrons. The van der Waals surface area contributed by atoms with Gasteiger partial charge in [0.25, 0.3) is 17.0 Å². The topological polar surface area (TPSA) is 184 Å². The number of halogens is 4. The lowest BCUT2D eigenvalue weighted by Crippen LogP contribution is -2.25. The number of pyridine rings is 2. The molecule has 0 saturated heterocycles. The monoisotopic (exact) mass is 1070 g/mol. The summed E-state index contributed by atoms with van der Waals surface area (Å²) in [6.45, 7) is 18.6. The largest absolute Gasteiger partial charge is 0.478 e. The summed E-state index contributed by atoms with van der Waals surface area (Å²) in [7, 11) is 3.34. The molecule has 78 heavy (non-hydrogen) atoms. The number of aromatic nitrogens is 6. The van der Waals surface area contributed by atoms with Crippen molar-refractivity contribution in [3.63, 3.8) is 0 Å². The third-order valence-electron chi connectivity index (χ3n) is 13.4. The summed E-state index contributed by atoms with van der Waals surface area (Å²) < 4.78 is 61.4. The number of carboxylic acid groups (broad SMARTS) is 1. The number of carbonyl (C=O) groups is 2. The summed E-state index contributed by atoms with van der Waals surface area (Å²) in [5.74, 6) is -4.54. The zero-order chi connectivity index (χ0) is 56.4. The van der Waals surface area contributed by atoms with Crippen molar-refractivity contribution < 1.29 is 32.3 Å². The molecular formula is C58H63F4N11O5. The molecule has 0 aliphatic heterocycles. The first-order valence-corrected chi connectivity index (χ1v) is 25.8. The standard InChI is InChI=1S/C30H34F2N6O2.C28H29F2N5O3/c1-6-37(7-2)17-9-16-33-30-34-26(22-18-20(13-12-19(22)3)29(40)36(4)5)21-14-15-25(39)38(28(21)35-30)27-23(31)10-8-11-24(27)32;1-4-34(5-2)15-7-14-31-28-32-24(20-16-18(27(37)38)11-10-17(20)3)19-12-13-23(36)35(26(19)33-28)25-21(29)8-6-9-22(25)30/h8,10-15,18H,6-7,9,16-17H2,1-5H3,(H,33,34,35);6,8-13,16H,4-5,7,14-15H2,1-3H3,(H,37,38)(H,31,32,33). The minimum absolute atomic E-state index is 0.00197. The molecular weight excluding hydrogens is 1010 g/mol. The second-order valence-corrected chi connectivity index (χ2v) is 18.6. The van der Waals surface area contributed by atoms with Gasteiger partial charge in [0.05, 0.1) is 17.0 Å². The number of aromatic carboxylic acids is 1. The molecule has 0 saturated carbocycles. The number of anilines is 2. The van der Waals surface area contributed by atoms with Crippen LogP contribution in [0.4, 0.5) is 29.5 Å². The molecule has 0 aliphatic carbocycles. The average Bonchev–Trinajstić information content (AvgIpc) is 3.46. The van der Waals surface area contributed by atoms with E-state index in [0.29, 0.717) is 51.9 Å². The summed E-state index contributed by atoms with van der Waals surface area (Å²) in [6.07, 6.45) is 1.60. The van der Waals surface area contributed by atoms with Crippen LogP contribution in [0.2, 0.25) is 0 Å². The number of carbonyl (C=O) groups excluding carboxylic acids is 1. The molecule has 0 bridgehead atoms. The minimum atomic E-state index is -1.11. The Morgan fingerprint density at radius 3 is 1.31 bits per heavy atom. The maximum atomic E-state index is 14.9. The number of nitrogens with one attached hydrogen (secondary N) is 2. The van der Waals surface area contributed by atoms with Crippen LogP contribution in [0.1, 0.15) is 72.4 Å². The molecule has 0 radical (unpaired) electrons. The van der Waals surface area contributed by atoms with Crippen LogP contribution in [0, 0.1) is 37.1 Å². The van der Waals surface area contributed by atoms with Crippen LogP contribution in [0.25, 0.3) is 56.0 Å². The quantitative estimate of drug-likeness (QED) is 0.0485. The van der Waals surface area contributed by atoms with Crippen molar-refractivity contribution in [2.75, 3.05) is 77.1 Å². The van der Waals surface area contributed by atoms with Gasteiger partial charge in [-0.3, -0.25) is 23.5 Å². The van der Waals surface area contributed by atoms with Crippen molar-refractivity contribution in [2.24, 2.45) is 0 Å². The number of benzene rings is 4. The van der Waals surface area contributed by atoms with Crippen molar-refractivity contribution >= 4 is 45.8 Å². The lowest BCUT2D eigenvalue weighted by atomic mass is 9.99. The Bertz CT molecular complexity index is 3580. The van der Waals surface area contributed by atoms with Gasteiger partial charge in [0, 0.05) is 66.8 Å². The number of para-hydroxylation sites is 2. The molecule has 16 nitrogen and oxygen atoms in total. The van der Waals surface area contributed by atoms with E-state index in [1.165, 1.54) is 47.4 Å². The van der Waals surface area contributed by atoms with E-state index in [1.54, 1.807) is 45.3 Å². The highest BCUT2D eigenvalue weighted by Crippen LogP contribution is 2.34. The van der Waals surface area contributed by atoms with Gasteiger partial charge in [-0.25, -0.2) is 32.3 Å². The second-order valence-electron chi connectivity index (χ2n) is 18.6. The Morgan fingerprint density at radius 1 is 0.551 bits per heavy atom. The molecule has 8 aromatic rings. The number of aryl methyl sites for hydroxylation is 2. The Hall–Kier alpha value is -8.36. The van der Waals surface area contributed by atoms with E-state index in [-0.39, 0.29) is 34.7 Å². The molecule has 0 aliphatic rings. The molecule has 1 amide bonds. The number of nitrogens with zero attached hydrogens (tertiary/aromatic N) is 9. The van der Waals surface area contributed by atoms with E-state index in [2.05, 4.69) is 63.1 Å². The van der Waals surface area contributed by atoms with E-state index >= 15 is 0 Å². The fourth-order valence-corrected chi connectivity index (χ4v) is 9.00. The van der Waals surface area contributed by atoms with E-state index in [0.717, 1.165) is 96.6 Å². The van der Waals surface area contributed by atoms with Gasteiger partial charge in [-0.05, 0) is 138 Å². The van der Waals surface area contributed by atoms with Gasteiger partial charge in [-0.15, -0.1) is 0 Å². The second kappa shape index (κ2) is 25.7. The van der Waals surface area contributed by atoms with Crippen LogP contribution in [-0.2, 0) is 0 Å². The first-order valence-electron chi connectivity index (χ1n) is 25.8. The molecule has 0 unspecified atom stereocenters. The Labute approximate surface area is 449 Å². The van der Waals surface area contributed by atoms with Gasteiger partial charge >= 0.3 is 5.97 Å². The molecule has 8 rings (SSSR count). The molecule has 4 heterocycles. The lowest BCUT2D eigenvalue weighted by molar-refractivity contribution is 0.0696. The molecule has 0 atom stereocenters. The summed E-state index contributed by atoms with van der Waals surface area (Å²) in [6, 6.07) is 22.2. The maximum absolute atomic E-state index is 14.9. The predicted octanol–water partition coefficient (Wildman–Crippen LogP) is 9.76. The number of fused-ring (bicyclic) bond motifs is 2. The third kappa shape index (κ3) is 12.7. The number of amides is 1. The third-order valence-corrected chi connectivity index (χ3v) is 13.4.